The van der Waals surface area contributed by atoms with E-state index in [9.17, 15) is 0 Å². The van der Waals surface area contributed by atoms with Crippen molar-refractivity contribution in [1.29, 1.82) is 0 Å². The molecule has 4 rings (SSSR count). The molecule has 2 aromatic heterocycles. The zero-order chi connectivity index (χ0) is 14.9. The summed E-state index contributed by atoms with van der Waals surface area (Å²) in [5, 5.41) is 7.90. The minimum atomic E-state index is 0.554. The second-order valence-corrected chi connectivity index (χ2v) is 5.90. The fraction of sp³-hybridized carbons (Fsp3) is 0.353. The van der Waals surface area contributed by atoms with Crippen molar-refractivity contribution in [2.45, 2.75) is 32.2 Å². The van der Waals surface area contributed by atoms with E-state index < -0.39 is 0 Å². The van der Waals surface area contributed by atoms with Crippen molar-refractivity contribution in [3.05, 3.63) is 42.7 Å². The van der Waals surface area contributed by atoms with Crippen molar-refractivity contribution in [2.75, 3.05) is 5.32 Å². The number of rotatable bonds is 5. The van der Waals surface area contributed by atoms with Gasteiger partial charge >= 0.3 is 0 Å². The Hall–Kier alpha value is -2.43. The third-order valence-corrected chi connectivity index (χ3v) is 4.24. The number of fused-ring (bicyclic) bond motifs is 1. The first-order valence-electron chi connectivity index (χ1n) is 7.88. The smallest absolute Gasteiger partial charge is 0.254 e. The highest BCUT2D eigenvalue weighted by atomic mass is 15.4. The number of nitrogens with zero attached hydrogens (tertiary/aromatic N) is 4. The van der Waals surface area contributed by atoms with E-state index in [2.05, 4.69) is 45.5 Å². The molecular formula is C17H19N5. The summed E-state index contributed by atoms with van der Waals surface area (Å²) in [6, 6.07) is 12.8. The minimum Gasteiger partial charge on any atom is -0.367 e. The van der Waals surface area contributed by atoms with Crippen LogP contribution >= 0.6 is 0 Å². The molecule has 0 saturated heterocycles. The van der Waals surface area contributed by atoms with Gasteiger partial charge in [-0.1, -0.05) is 43.7 Å². The Bertz CT molecular complexity index is 780. The predicted molar refractivity (Wildman–Crippen MR) is 86.6 cm³/mol. The van der Waals surface area contributed by atoms with E-state index in [0.29, 0.717) is 11.8 Å². The predicted octanol–water partition coefficient (Wildman–Crippen LogP) is 3.39. The lowest BCUT2D eigenvalue weighted by molar-refractivity contribution is 0.691. The highest BCUT2D eigenvalue weighted by Crippen LogP contribution is 2.37. The number of anilines is 1. The molecule has 3 aromatic rings. The number of aromatic nitrogens is 4. The van der Waals surface area contributed by atoms with Gasteiger partial charge in [-0.2, -0.15) is 14.6 Å². The van der Waals surface area contributed by atoms with Crippen molar-refractivity contribution < 1.29 is 0 Å². The highest BCUT2D eigenvalue weighted by molar-refractivity contribution is 5.65. The van der Waals surface area contributed by atoms with E-state index >= 15 is 0 Å². The van der Waals surface area contributed by atoms with Gasteiger partial charge in [-0.25, -0.2) is 4.98 Å². The van der Waals surface area contributed by atoms with Crippen LogP contribution in [0.15, 0.2) is 42.7 Å². The molecular weight excluding hydrogens is 274 g/mol. The molecule has 2 unspecified atom stereocenters. The molecule has 2 atom stereocenters. The lowest BCUT2D eigenvalue weighted by atomic mass is 10.1. The SMILES string of the molecule is CCCC1CC1Nc1cc(-c2ccccc2)nc2ncnn12. The molecule has 1 aliphatic rings. The van der Waals surface area contributed by atoms with Crippen LogP contribution in [0.3, 0.4) is 0 Å². The molecule has 1 aliphatic carbocycles. The van der Waals surface area contributed by atoms with Gasteiger partial charge in [-0.05, 0) is 18.8 Å². The quantitative estimate of drug-likeness (QED) is 0.783. The van der Waals surface area contributed by atoms with Crippen LogP contribution in [-0.4, -0.2) is 25.6 Å². The third kappa shape index (κ3) is 2.43. The van der Waals surface area contributed by atoms with Gasteiger partial charge in [-0.3, -0.25) is 0 Å². The van der Waals surface area contributed by atoms with Crippen LogP contribution in [0.25, 0.3) is 17.0 Å². The van der Waals surface area contributed by atoms with Gasteiger partial charge in [0.15, 0.2) is 0 Å². The normalized spacial score (nSPS) is 20.2. The molecule has 22 heavy (non-hydrogen) atoms. The molecule has 2 heterocycles. The molecule has 1 N–H and O–H groups in total. The van der Waals surface area contributed by atoms with Crippen LogP contribution in [0.2, 0.25) is 0 Å². The second-order valence-electron chi connectivity index (χ2n) is 5.90. The van der Waals surface area contributed by atoms with Gasteiger partial charge in [0.1, 0.15) is 12.1 Å². The molecule has 0 radical (unpaired) electrons. The summed E-state index contributed by atoms with van der Waals surface area (Å²) in [7, 11) is 0. The Labute approximate surface area is 129 Å². The summed E-state index contributed by atoms with van der Waals surface area (Å²) in [4.78, 5) is 8.85. The molecule has 1 fully saturated rings. The van der Waals surface area contributed by atoms with Crippen molar-refractivity contribution in [2.24, 2.45) is 5.92 Å². The maximum absolute atomic E-state index is 4.60. The van der Waals surface area contributed by atoms with Crippen LogP contribution in [0, 0.1) is 5.92 Å². The second kappa shape index (κ2) is 5.40. The number of hydrogen-bond acceptors (Lipinski definition) is 4. The van der Waals surface area contributed by atoms with Crippen molar-refractivity contribution in [3.63, 3.8) is 0 Å². The fourth-order valence-corrected chi connectivity index (χ4v) is 2.98. The van der Waals surface area contributed by atoms with Crippen LogP contribution in [0.1, 0.15) is 26.2 Å². The van der Waals surface area contributed by atoms with Gasteiger partial charge in [0.2, 0.25) is 0 Å². The summed E-state index contributed by atoms with van der Waals surface area (Å²) in [5.74, 6) is 2.40. The van der Waals surface area contributed by atoms with E-state index in [0.717, 1.165) is 23.0 Å². The largest absolute Gasteiger partial charge is 0.367 e. The number of hydrogen-bond donors (Lipinski definition) is 1. The summed E-state index contributed by atoms with van der Waals surface area (Å²) >= 11 is 0. The first-order valence-corrected chi connectivity index (χ1v) is 7.88. The Morgan fingerprint density at radius 3 is 2.95 bits per heavy atom. The minimum absolute atomic E-state index is 0.554. The highest BCUT2D eigenvalue weighted by Gasteiger charge is 2.36. The summed E-state index contributed by atoms with van der Waals surface area (Å²) < 4.78 is 1.79. The van der Waals surface area contributed by atoms with E-state index in [1.807, 2.05) is 18.2 Å². The molecule has 5 heteroatoms. The maximum Gasteiger partial charge on any atom is 0.254 e. The Balaban J connectivity index is 1.69. The molecule has 1 aromatic carbocycles. The molecule has 5 nitrogen and oxygen atoms in total. The van der Waals surface area contributed by atoms with Gasteiger partial charge in [0.25, 0.3) is 5.78 Å². The number of benzene rings is 1. The zero-order valence-corrected chi connectivity index (χ0v) is 12.6. The van der Waals surface area contributed by atoms with Crippen LogP contribution < -0.4 is 5.32 Å². The van der Waals surface area contributed by atoms with Gasteiger partial charge < -0.3 is 5.32 Å². The molecule has 0 aliphatic heterocycles. The average molecular weight is 293 g/mol. The lowest BCUT2D eigenvalue weighted by Gasteiger charge is -2.10. The fourth-order valence-electron chi connectivity index (χ4n) is 2.98. The summed E-state index contributed by atoms with van der Waals surface area (Å²) in [6.07, 6.45) is 5.33. The molecule has 0 amide bonds. The zero-order valence-electron chi connectivity index (χ0n) is 12.6. The first-order chi connectivity index (χ1) is 10.8. The lowest BCUT2D eigenvalue weighted by Crippen LogP contribution is -2.10. The molecule has 1 saturated carbocycles. The standard InChI is InChI=1S/C17H19N5/c1-2-6-13-9-14(13)20-16-10-15(12-7-4-3-5-8-12)21-17-18-11-19-22(16)17/h3-5,7-8,10-11,13-14,20H,2,6,9H2,1H3. The van der Waals surface area contributed by atoms with Crippen LogP contribution in [0.5, 0.6) is 0 Å². The topological polar surface area (TPSA) is 55.1 Å². The van der Waals surface area contributed by atoms with Crippen LogP contribution in [-0.2, 0) is 0 Å². The van der Waals surface area contributed by atoms with Gasteiger partial charge in [0.05, 0.1) is 5.69 Å². The summed E-state index contributed by atoms with van der Waals surface area (Å²) in [6.45, 7) is 2.24. The summed E-state index contributed by atoms with van der Waals surface area (Å²) in [5.41, 5.74) is 2.02. The average Bonchev–Trinajstić information content (AvgIpc) is 3.10. The Kier molecular flexibility index (Phi) is 3.25. The van der Waals surface area contributed by atoms with Crippen LogP contribution in [0.4, 0.5) is 5.82 Å². The van der Waals surface area contributed by atoms with Gasteiger partial charge in [0, 0.05) is 17.7 Å². The Morgan fingerprint density at radius 2 is 2.14 bits per heavy atom. The number of nitrogens with one attached hydrogen (secondary N) is 1. The van der Waals surface area contributed by atoms with E-state index in [4.69, 9.17) is 0 Å². The third-order valence-electron chi connectivity index (χ3n) is 4.24. The van der Waals surface area contributed by atoms with Gasteiger partial charge in [-0.15, -0.1) is 0 Å². The van der Waals surface area contributed by atoms with E-state index in [1.165, 1.54) is 19.3 Å². The molecule has 0 bridgehead atoms. The van der Waals surface area contributed by atoms with E-state index in [-0.39, 0.29) is 0 Å². The first kappa shape index (κ1) is 13.2. The maximum atomic E-state index is 4.60. The molecule has 112 valence electrons. The van der Waals surface area contributed by atoms with Crippen molar-refractivity contribution in [3.8, 4) is 11.3 Å². The van der Waals surface area contributed by atoms with Crippen molar-refractivity contribution in [1.82, 2.24) is 19.6 Å². The van der Waals surface area contributed by atoms with Crippen molar-refractivity contribution >= 4 is 11.6 Å². The Morgan fingerprint density at radius 1 is 1.27 bits per heavy atom. The monoisotopic (exact) mass is 293 g/mol. The molecule has 0 spiro atoms. The van der Waals surface area contributed by atoms with E-state index in [1.54, 1.807) is 10.8 Å².